The van der Waals surface area contributed by atoms with E-state index in [2.05, 4.69) is 20.9 Å². The zero-order chi connectivity index (χ0) is 13.7. The summed E-state index contributed by atoms with van der Waals surface area (Å²) in [4.78, 5) is 16.0. The molecule has 0 N–H and O–H groups in total. The van der Waals surface area contributed by atoms with Gasteiger partial charge in [0, 0.05) is 17.1 Å². The first-order chi connectivity index (χ1) is 9.20. The van der Waals surface area contributed by atoms with Crippen LogP contribution in [0.3, 0.4) is 0 Å². The third-order valence-electron chi connectivity index (χ3n) is 2.67. The molecule has 2 aromatic rings. The third kappa shape index (κ3) is 3.64. The number of aromatic nitrogens is 1. The number of hydrogen-bond donors (Lipinski definition) is 0. The molecule has 0 spiro atoms. The van der Waals surface area contributed by atoms with Crippen LogP contribution < -0.4 is 4.74 Å². The van der Waals surface area contributed by atoms with Crippen LogP contribution in [0.5, 0.6) is 5.75 Å². The van der Waals surface area contributed by atoms with Gasteiger partial charge < -0.3 is 4.74 Å². The maximum absolute atomic E-state index is 11.8. The number of Topliss-reactive ketones (excluding diaryl/α,β-unsaturated/α-hetero) is 1. The van der Waals surface area contributed by atoms with Crippen molar-refractivity contribution in [1.82, 2.24) is 4.98 Å². The molecule has 0 aliphatic heterocycles. The van der Waals surface area contributed by atoms with E-state index in [1.165, 1.54) is 0 Å². The highest BCUT2D eigenvalue weighted by atomic mass is 79.9. The van der Waals surface area contributed by atoms with Gasteiger partial charge in [0.15, 0.2) is 5.78 Å². The molecule has 0 unspecified atom stereocenters. The van der Waals surface area contributed by atoms with Crippen LogP contribution in [-0.2, 0) is 6.61 Å². The quantitative estimate of drug-likeness (QED) is 0.781. The van der Waals surface area contributed by atoms with E-state index < -0.39 is 0 Å². The molecule has 0 saturated carbocycles. The maximum Gasteiger partial charge on any atom is 0.166 e. The Morgan fingerprint density at radius 1 is 1.26 bits per heavy atom. The summed E-state index contributed by atoms with van der Waals surface area (Å²) in [5.41, 5.74) is 1.45. The summed E-state index contributed by atoms with van der Waals surface area (Å²) in [6, 6.07) is 11.1. The van der Waals surface area contributed by atoms with Crippen molar-refractivity contribution in [2.75, 3.05) is 0 Å². The molecule has 0 bridgehead atoms. The summed E-state index contributed by atoms with van der Waals surface area (Å²) in [6.45, 7) is 2.19. The van der Waals surface area contributed by atoms with Gasteiger partial charge in [-0.3, -0.25) is 9.78 Å². The predicted octanol–water partition coefficient (Wildman–Crippen LogP) is 4.02. The second kappa shape index (κ2) is 6.48. The molecule has 4 heteroatoms. The van der Waals surface area contributed by atoms with Gasteiger partial charge in [-0.1, -0.05) is 19.1 Å². The molecule has 98 valence electrons. The Balaban J connectivity index is 2.11. The number of carbonyl (C=O) groups excluding carboxylic acids is 1. The summed E-state index contributed by atoms with van der Waals surface area (Å²) in [5.74, 6) is 0.693. The highest BCUT2D eigenvalue weighted by molar-refractivity contribution is 9.10. The molecule has 1 aromatic heterocycles. The van der Waals surface area contributed by atoms with Crippen molar-refractivity contribution in [1.29, 1.82) is 0 Å². The fourth-order valence-electron chi connectivity index (χ4n) is 1.66. The molecule has 0 atom stereocenters. The number of halogens is 1. The minimum Gasteiger partial charge on any atom is -0.487 e. The lowest BCUT2D eigenvalue weighted by Crippen LogP contribution is -2.04. The molecule has 2 rings (SSSR count). The molecule has 0 fully saturated rings. The Hall–Kier alpha value is -1.68. The van der Waals surface area contributed by atoms with Crippen molar-refractivity contribution in [2.24, 2.45) is 0 Å². The molecule has 0 radical (unpaired) electrons. The minimum absolute atomic E-state index is 0.0827. The van der Waals surface area contributed by atoms with Gasteiger partial charge in [0.25, 0.3) is 0 Å². The van der Waals surface area contributed by atoms with E-state index in [1.54, 1.807) is 12.3 Å². The normalized spacial score (nSPS) is 10.2. The highest BCUT2D eigenvalue weighted by Crippen LogP contribution is 2.20. The largest absolute Gasteiger partial charge is 0.487 e. The number of ketones is 1. The van der Waals surface area contributed by atoms with Gasteiger partial charge >= 0.3 is 0 Å². The molecule has 0 aliphatic rings. The van der Waals surface area contributed by atoms with Crippen LogP contribution in [0.25, 0.3) is 0 Å². The second-order valence-corrected chi connectivity index (χ2v) is 4.94. The van der Waals surface area contributed by atoms with Crippen molar-refractivity contribution in [3.05, 3.63) is 58.3 Å². The Labute approximate surface area is 120 Å². The van der Waals surface area contributed by atoms with Crippen LogP contribution in [-0.4, -0.2) is 10.8 Å². The van der Waals surface area contributed by atoms with Crippen molar-refractivity contribution in [2.45, 2.75) is 20.0 Å². The lowest BCUT2D eigenvalue weighted by molar-refractivity contribution is 0.0983. The molecule has 0 amide bonds. The molecule has 1 heterocycles. The number of carbonyl (C=O) groups is 1. The predicted molar refractivity (Wildman–Crippen MR) is 77.3 cm³/mol. The zero-order valence-electron chi connectivity index (χ0n) is 10.6. The number of para-hydroxylation sites is 1. The summed E-state index contributed by atoms with van der Waals surface area (Å²) in [6.07, 6.45) is 2.19. The first kappa shape index (κ1) is 13.7. The van der Waals surface area contributed by atoms with E-state index in [1.807, 2.05) is 37.3 Å². The first-order valence-corrected chi connectivity index (χ1v) is 6.85. The van der Waals surface area contributed by atoms with E-state index in [9.17, 15) is 4.79 Å². The SMILES string of the molecule is CCC(=O)c1ccccc1OCc1ccc(Br)cn1. The van der Waals surface area contributed by atoms with E-state index >= 15 is 0 Å². The van der Waals surface area contributed by atoms with Gasteiger partial charge in [-0.05, 0) is 40.2 Å². The van der Waals surface area contributed by atoms with E-state index in [0.29, 0.717) is 24.3 Å². The van der Waals surface area contributed by atoms with Crippen LogP contribution in [0.4, 0.5) is 0 Å². The van der Waals surface area contributed by atoms with Gasteiger partial charge in [-0.15, -0.1) is 0 Å². The fourth-order valence-corrected chi connectivity index (χ4v) is 1.89. The number of benzene rings is 1. The van der Waals surface area contributed by atoms with Crippen LogP contribution in [0.2, 0.25) is 0 Å². The smallest absolute Gasteiger partial charge is 0.166 e. The molecule has 19 heavy (non-hydrogen) atoms. The topological polar surface area (TPSA) is 39.2 Å². The molecule has 0 aliphatic carbocycles. The average molecular weight is 320 g/mol. The third-order valence-corrected chi connectivity index (χ3v) is 3.14. The summed E-state index contributed by atoms with van der Waals surface area (Å²) in [7, 11) is 0. The number of ether oxygens (including phenoxy) is 1. The van der Waals surface area contributed by atoms with Gasteiger partial charge in [-0.2, -0.15) is 0 Å². The average Bonchev–Trinajstić information content (AvgIpc) is 2.46. The van der Waals surface area contributed by atoms with E-state index in [4.69, 9.17) is 4.74 Å². The van der Waals surface area contributed by atoms with Crippen LogP contribution >= 0.6 is 15.9 Å². The van der Waals surface area contributed by atoms with Crippen molar-refractivity contribution in [3.63, 3.8) is 0 Å². The van der Waals surface area contributed by atoms with Gasteiger partial charge in [0.1, 0.15) is 12.4 Å². The fraction of sp³-hybridized carbons (Fsp3) is 0.200. The molecule has 1 aromatic carbocycles. The Bertz CT molecular complexity index is 567. The lowest BCUT2D eigenvalue weighted by atomic mass is 10.1. The highest BCUT2D eigenvalue weighted by Gasteiger charge is 2.10. The van der Waals surface area contributed by atoms with Gasteiger partial charge in [-0.25, -0.2) is 0 Å². The van der Waals surface area contributed by atoms with Crippen molar-refractivity contribution >= 4 is 21.7 Å². The number of pyridine rings is 1. The summed E-state index contributed by atoms with van der Waals surface area (Å²) >= 11 is 3.33. The Morgan fingerprint density at radius 3 is 2.74 bits per heavy atom. The zero-order valence-corrected chi connectivity index (χ0v) is 12.2. The van der Waals surface area contributed by atoms with Crippen LogP contribution in [0, 0.1) is 0 Å². The molecular formula is C15H14BrNO2. The summed E-state index contributed by atoms with van der Waals surface area (Å²) in [5, 5.41) is 0. The Morgan fingerprint density at radius 2 is 2.05 bits per heavy atom. The molecule has 0 saturated heterocycles. The first-order valence-electron chi connectivity index (χ1n) is 6.06. The van der Waals surface area contributed by atoms with Crippen molar-refractivity contribution in [3.8, 4) is 5.75 Å². The number of hydrogen-bond acceptors (Lipinski definition) is 3. The van der Waals surface area contributed by atoms with Gasteiger partial charge in [0.2, 0.25) is 0 Å². The lowest BCUT2D eigenvalue weighted by Gasteiger charge is -2.09. The standard InChI is InChI=1S/C15H14BrNO2/c1-2-14(18)13-5-3-4-6-15(13)19-10-12-8-7-11(16)9-17-12/h3-9H,2,10H2,1H3. The van der Waals surface area contributed by atoms with Crippen LogP contribution in [0.15, 0.2) is 47.1 Å². The van der Waals surface area contributed by atoms with Crippen molar-refractivity contribution < 1.29 is 9.53 Å². The van der Waals surface area contributed by atoms with E-state index in [-0.39, 0.29) is 5.78 Å². The number of rotatable bonds is 5. The minimum atomic E-state index is 0.0827. The molecular weight excluding hydrogens is 306 g/mol. The van der Waals surface area contributed by atoms with Crippen LogP contribution in [0.1, 0.15) is 29.4 Å². The van der Waals surface area contributed by atoms with E-state index in [0.717, 1.165) is 10.2 Å². The molecule has 3 nitrogen and oxygen atoms in total. The monoisotopic (exact) mass is 319 g/mol. The maximum atomic E-state index is 11.8. The summed E-state index contributed by atoms with van der Waals surface area (Å²) < 4.78 is 6.62. The van der Waals surface area contributed by atoms with Gasteiger partial charge in [0.05, 0.1) is 11.3 Å². The Kier molecular flexibility index (Phi) is 4.68. The second-order valence-electron chi connectivity index (χ2n) is 4.03. The number of nitrogens with zero attached hydrogens (tertiary/aromatic N) is 1.